The van der Waals surface area contributed by atoms with E-state index in [-0.39, 0.29) is 9.79 Å². The Kier molecular flexibility index (Phi) is 5.71. The van der Waals surface area contributed by atoms with Gasteiger partial charge in [-0.15, -0.1) is 10.2 Å². The molecule has 170 valence electrons. The fraction of sp³-hybridized carbons (Fsp3) is 0.263. The van der Waals surface area contributed by atoms with Crippen LogP contribution in [0, 0.1) is 0 Å². The first kappa shape index (κ1) is 22.6. The Morgan fingerprint density at radius 1 is 0.938 bits per heavy atom. The second-order valence-corrected chi connectivity index (χ2v) is 10.9. The summed E-state index contributed by atoms with van der Waals surface area (Å²) >= 11 is 1.24. The number of hydrogen-bond donors (Lipinski definition) is 2. The lowest BCUT2D eigenvalue weighted by molar-refractivity contribution is 0.481. The monoisotopic (exact) mass is 496 g/mol. The quantitative estimate of drug-likeness (QED) is 0.408. The molecule has 13 heteroatoms. The van der Waals surface area contributed by atoms with Crippen LogP contribution in [0.3, 0.4) is 0 Å². The summed E-state index contributed by atoms with van der Waals surface area (Å²) in [5.74, 6) is 0.619. The van der Waals surface area contributed by atoms with Crippen LogP contribution in [0.15, 0.2) is 56.4 Å². The zero-order chi connectivity index (χ0) is 23.3. The Balaban J connectivity index is 1.79. The van der Waals surface area contributed by atoms with Crippen LogP contribution in [0.2, 0.25) is 0 Å². The van der Waals surface area contributed by atoms with E-state index in [0.29, 0.717) is 40.4 Å². The van der Waals surface area contributed by atoms with Crippen molar-refractivity contribution in [3.05, 3.63) is 46.8 Å². The maximum Gasteiger partial charge on any atom is 0.294 e. The highest BCUT2D eigenvalue weighted by Gasteiger charge is 2.26. The van der Waals surface area contributed by atoms with Crippen molar-refractivity contribution in [3.8, 4) is 0 Å². The van der Waals surface area contributed by atoms with Crippen molar-refractivity contribution >= 4 is 53.3 Å². The van der Waals surface area contributed by atoms with Crippen LogP contribution in [0.5, 0.6) is 0 Å². The van der Waals surface area contributed by atoms with E-state index in [1.54, 1.807) is 12.1 Å². The predicted octanol–water partition coefficient (Wildman–Crippen LogP) is 2.51. The minimum atomic E-state index is -4.31. The molecule has 0 amide bonds. The van der Waals surface area contributed by atoms with Gasteiger partial charge in [0, 0.05) is 25.2 Å². The number of likely N-dealkylation sites (N-methyl/N-ethyl adjacent to an activating group) is 1. The van der Waals surface area contributed by atoms with Gasteiger partial charge >= 0.3 is 0 Å². The molecule has 4 rings (SSSR count). The lowest BCUT2D eigenvalue weighted by Gasteiger charge is -2.17. The topological polar surface area (TPSA) is 142 Å². The molecule has 3 aromatic rings. The zero-order valence-electron chi connectivity index (χ0n) is 17.1. The van der Waals surface area contributed by atoms with Crippen LogP contribution in [0.25, 0.3) is 10.2 Å². The average molecular weight is 497 g/mol. The van der Waals surface area contributed by atoms with Gasteiger partial charge in [0.05, 0.1) is 20.0 Å². The smallest absolute Gasteiger partial charge is 0.294 e. The first-order valence-corrected chi connectivity index (χ1v) is 13.3. The number of aromatic nitrogens is 1. The normalized spacial score (nSPS) is 16.3. The van der Waals surface area contributed by atoms with E-state index in [4.69, 9.17) is 0 Å². The molecular weight excluding hydrogens is 476 g/mol. The largest absolute Gasteiger partial charge is 0.328 e. The third-order valence-electron chi connectivity index (χ3n) is 5.14. The standard InChI is InChI=1S/C19H20N4O6S3/c1-3-22-15-7-5-13(31(24,25)26)9-12(15)10-18(22)20-21-19-23(4-2)16-8-6-14(32(27,28)29)11-17(16)30-19/h5-9,11H,3-4,10H2,1-2H3,(H,24,25,26)(H,27,28,29)/b20-18-,21-19+. The molecule has 1 aromatic heterocycles. The molecule has 1 aliphatic heterocycles. The Labute approximate surface area is 188 Å². The fourth-order valence-electron chi connectivity index (χ4n) is 3.67. The Hall–Kier alpha value is -2.58. The highest BCUT2D eigenvalue weighted by Crippen LogP contribution is 2.31. The summed E-state index contributed by atoms with van der Waals surface area (Å²) < 4.78 is 67.0. The number of amidine groups is 1. The van der Waals surface area contributed by atoms with Gasteiger partial charge < -0.3 is 9.47 Å². The molecule has 0 bridgehead atoms. The number of fused-ring (bicyclic) bond motifs is 2. The Morgan fingerprint density at radius 3 is 2.22 bits per heavy atom. The van der Waals surface area contributed by atoms with Gasteiger partial charge in [-0.3, -0.25) is 9.11 Å². The van der Waals surface area contributed by atoms with Crippen molar-refractivity contribution in [1.29, 1.82) is 0 Å². The second kappa shape index (κ2) is 8.08. The molecule has 32 heavy (non-hydrogen) atoms. The van der Waals surface area contributed by atoms with Crippen molar-refractivity contribution in [3.63, 3.8) is 0 Å². The summed E-state index contributed by atoms with van der Waals surface area (Å²) in [5.41, 5.74) is 2.28. The number of anilines is 1. The summed E-state index contributed by atoms with van der Waals surface area (Å²) in [7, 11) is -8.62. The SMILES string of the molecule is CCN1/C(=N\N=c2\sc3cc(S(=O)(=O)O)ccc3n2CC)Cc2cc(S(=O)(=O)O)ccc21. The van der Waals surface area contributed by atoms with Gasteiger partial charge in [0.25, 0.3) is 20.2 Å². The summed E-state index contributed by atoms with van der Waals surface area (Å²) in [6.45, 7) is 5.02. The predicted molar refractivity (Wildman–Crippen MR) is 121 cm³/mol. The average Bonchev–Trinajstić information content (AvgIpc) is 3.26. The number of rotatable bonds is 5. The molecule has 2 heterocycles. The van der Waals surface area contributed by atoms with Crippen LogP contribution < -0.4 is 9.70 Å². The van der Waals surface area contributed by atoms with Gasteiger partial charge in [-0.2, -0.15) is 16.8 Å². The first-order chi connectivity index (χ1) is 15.0. The highest BCUT2D eigenvalue weighted by molar-refractivity contribution is 7.86. The van der Waals surface area contributed by atoms with Gasteiger partial charge in [0.2, 0.25) is 4.80 Å². The van der Waals surface area contributed by atoms with Gasteiger partial charge in [0.15, 0.2) is 0 Å². The molecule has 0 fully saturated rings. The molecule has 0 spiro atoms. The van der Waals surface area contributed by atoms with Crippen molar-refractivity contribution in [1.82, 2.24) is 4.57 Å². The molecule has 2 N–H and O–H groups in total. The minimum absolute atomic E-state index is 0.173. The lowest BCUT2D eigenvalue weighted by Crippen LogP contribution is -2.26. The van der Waals surface area contributed by atoms with E-state index in [1.165, 1.54) is 35.6 Å². The van der Waals surface area contributed by atoms with Gasteiger partial charge in [-0.1, -0.05) is 11.3 Å². The lowest BCUT2D eigenvalue weighted by atomic mass is 10.2. The zero-order valence-corrected chi connectivity index (χ0v) is 19.6. The fourth-order valence-corrected chi connectivity index (χ4v) is 5.87. The second-order valence-electron chi connectivity index (χ2n) is 7.04. The molecule has 2 aromatic carbocycles. The summed E-state index contributed by atoms with van der Waals surface area (Å²) in [5, 5.41) is 8.79. The highest BCUT2D eigenvalue weighted by atomic mass is 32.2. The molecule has 0 saturated carbocycles. The van der Waals surface area contributed by atoms with Crippen LogP contribution in [-0.2, 0) is 33.2 Å². The van der Waals surface area contributed by atoms with Gasteiger partial charge in [0.1, 0.15) is 5.84 Å². The van der Waals surface area contributed by atoms with Crippen molar-refractivity contribution in [2.75, 3.05) is 11.4 Å². The van der Waals surface area contributed by atoms with E-state index in [0.717, 1.165) is 11.2 Å². The third-order valence-corrected chi connectivity index (χ3v) is 7.87. The number of hydrogen-bond acceptors (Lipinski definition) is 7. The van der Waals surface area contributed by atoms with E-state index in [9.17, 15) is 25.9 Å². The Bertz CT molecular complexity index is 1530. The van der Waals surface area contributed by atoms with E-state index in [1.807, 2.05) is 23.3 Å². The summed E-state index contributed by atoms with van der Waals surface area (Å²) in [6, 6.07) is 8.76. The van der Waals surface area contributed by atoms with E-state index in [2.05, 4.69) is 10.2 Å². The van der Waals surface area contributed by atoms with Crippen LogP contribution in [0.1, 0.15) is 19.4 Å². The van der Waals surface area contributed by atoms with Crippen LogP contribution >= 0.6 is 11.3 Å². The molecule has 10 nitrogen and oxygen atoms in total. The molecule has 0 atom stereocenters. The van der Waals surface area contributed by atoms with Gasteiger partial charge in [-0.25, -0.2) is 0 Å². The first-order valence-electron chi connectivity index (χ1n) is 9.62. The number of thiazole rings is 1. The number of nitrogens with zero attached hydrogens (tertiary/aromatic N) is 4. The maximum absolute atomic E-state index is 11.5. The molecule has 0 aliphatic carbocycles. The molecule has 1 aliphatic rings. The van der Waals surface area contributed by atoms with Crippen LogP contribution in [-0.4, -0.2) is 42.9 Å². The number of benzene rings is 2. The molecular formula is C19H20N4O6S3. The summed E-state index contributed by atoms with van der Waals surface area (Å²) in [4.78, 5) is 2.10. The van der Waals surface area contributed by atoms with E-state index >= 15 is 0 Å². The number of aryl methyl sites for hydroxylation is 1. The van der Waals surface area contributed by atoms with Crippen molar-refractivity contribution in [2.24, 2.45) is 10.2 Å². The third kappa shape index (κ3) is 4.09. The minimum Gasteiger partial charge on any atom is -0.328 e. The molecule has 0 radical (unpaired) electrons. The maximum atomic E-state index is 11.5. The van der Waals surface area contributed by atoms with Crippen LogP contribution in [0.4, 0.5) is 5.69 Å². The van der Waals surface area contributed by atoms with Gasteiger partial charge in [-0.05, 0) is 55.8 Å². The molecule has 0 saturated heterocycles. The Morgan fingerprint density at radius 2 is 1.59 bits per heavy atom. The molecule has 0 unspecified atom stereocenters. The van der Waals surface area contributed by atoms with E-state index < -0.39 is 20.2 Å². The van der Waals surface area contributed by atoms with Crippen molar-refractivity contribution < 1.29 is 25.9 Å². The summed E-state index contributed by atoms with van der Waals surface area (Å²) in [6.07, 6.45) is 0.347. The van der Waals surface area contributed by atoms with Crippen molar-refractivity contribution in [2.45, 2.75) is 36.6 Å².